The minimum atomic E-state index is 0.518. The predicted molar refractivity (Wildman–Crippen MR) is 70.8 cm³/mol. The van der Waals surface area contributed by atoms with Gasteiger partial charge in [-0.3, -0.25) is 0 Å². The van der Waals surface area contributed by atoms with Crippen LogP contribution in [0.5, 0.6) is 0 Å². The molecule has 0 aromatic carbocycles. The Labute approximate surface area is 103 Å². The molecule has 1 heterocycles. The fourth-order valence-corrected chi connectivity index (χ4v) is 2.64. The van der Waals surface area contributed by atoms with E-state index >= 15 is 0 Å². The number of hydrogen-bond donors (Lipinski definition) is 2. The zero-order valence-corrected chi connectivity index (χ0v) is 10.9. The summed E-state index contributed by atoms with van der Waals surface area (Å²) in [5.74, 6) is 3.00. The van der Waals surface area contributed by atoms with Gasteiger partial charge in [0, 0.05) is 11.6 Å². The summed E-state index contributed by atoms with van der Waals surface area (Å²) in [5.41, 5.74) is 6.92. The molecule has 94 valence electrons. The van der Waals surface area contributed by atoms with E-state index < -0.39 is 0 Å². The highest BCUT2D eigenvalue weighted by atomic mass is 15.1. The second-order valence-electron chi connectivity index (χ2n) is 5.10. The van der Waals surface area contributed by atoms with E-state index in [0.717, 1.165) is 23.7 Å². The van der Waals surface area contributed by atoms with Gasteiger partial charge in [-0.25, -0.2) is 9.97 Å². The van der Waals surface area contributed by atoms with Crippen LogP contribution in [0, 0.1) is 11.8 Å². The Bertz CT molecular complexity index is 391. The first-order valence-corrected chi connectivity index (χ1v) is 6.49. The van der Waals surface area contributed by atoms with Crippen LogP contribution in [-0.4, -0.2) is 16.0 Å². The molecule has 1 aromatic heterocycles. The van der Waals surface area contributed by atoms with Crippen LogP contribution >= 0.6 is 0 Å². The number of nitrogens with one attached hydrogen (secondary N) is 1. The van der Waals surface area contributed by atoms with Crippen LogP contribution < -0.4 is 11.1 Å². The number of hydrogen-bond acceptors (Lipinski definition) is 4. The highest BCUT2D eigenvalue weighted by Crippen LogP contribution is 2.33. The summed E-state index contributed by atoms with van der Waals surface area (Å²) < 4.78 is 0. The van der Waals surface area contributed by atoms with Crippen molar-refractivity contribution < 1.29 is 0 Å². The quantitative estimate of drug-likeness (QED) is 0.843. The van der Waals surface area contributed by atoms with Gasteiger partial charge in [0.2, 0.25) is 0 Å². The molecular weight excluding hydrogens is 212 g/mol. The van der Waals surface area contributed by atoms with Crippen LogP contribution in [0.15, 0.2) is 6.33 Å². The van der Waals surface area contributed by atoms with Crippen molar-refractivity contribution in [2.75, 3.05) is 11.1 Å². The first-order valence-electron chi connectivity index (χ1n) is 6.49. The van der Waals surface area contributed by atoms with Gasteiger partial charge in [-0.05, 0) is 31.1 Å². The van der Waals surface area contributed by atoms with Crippen molar-refractivity contribution in [3.05, 3.63) is 11.9 Å². The molecule has 2 rings (SSSR count). The van der Waals surface area contributed by atoms with Crippen LogP contribution in [0.1, 0.15) is 39.2 Å². The molecule has 1 fully saturated rings. The van der Waals surface area contributed by atoms with Gasteiger partial charge in [0.25, 0.3) is 0 Å². The molecule has 0 spiro atoms. The third kappa shape index (κ3) is 2.35. The summed E-state index contributed by atoms with van der Waals surface area (Å²) in [6, 6.07) is 0.518. The fourth-order valence-electron chi connectivity index (χ4n) is 2.64. The number of nitrogens with zero attached hydrogens (tertiary/aromatic N) is 2. The molecule has 1 aliphatic carbocycles. The van der Waals surface area contributed by atoms with Gasteiger partial charge in [0.1, 0.15) is 18.0 Å². The highest BCUT2D eigenvalue weighted by molar-refractivity contribution is 5.55. The van der Waals surface area contributed by atoms with E-state index in [1.807, 2.05) is 0 Å². The molecule has 0 radical (unpaired) electrons. The third-order valence-corrected chi connectivity index (χ3v) is 4.12. The summed E-state index contributed by atoms with van der Waals surface area (Å²) in [6.45, 7) is 6.72. The molecular formula is C13H22N4. The van der Waals surface area contributed by atoms with Crippen LogP contribution in [0.4, 0.5) is 11.6 Å². The monoisotopic (exact) mass is 234 g/mol. The van der Waals surface area contributed by atoms with Gasteiger partial charge in [0.05, 0.1) is 0 Å². The number of rotatable bonds is 3. The fraction of sp³-hybridized carbons (Fsp3) is 0.692. The number of anilines is 2. The van der Waals surface area contributed by atoms with Crippen LogP contribution in [-0.2, 0) is 6.42 Å². The van der Waals surface area contributed by atoms with Crippen molar-refractivity contribution in [2.45, 2.75) is 46.1 Å². The van der Waals surface area contributed by atoms with Gasteiger partial charge in [-0.15, -0.1) is 0 Å². The Morgan fingerprint density at radius 2 is 2.12 bits per heavy atom. The molecule has 17 heavy (non-hydrogen) atoms. The van der Waals surface area contributed by atoms with Gasteiger partial charge >= 0.3 is 0 Å². The second kappa shape index (κ2) is 4.90. The number of nitrogen functional groups attached to an aromatic ring is 1. The average Bonchev–Trinajstić information content (AvgIpc) is 2.61. The van der Waals surface area contributed by atoms with E-state index in [9.17, 15) is 0 Å². The van der Waals surface area contributed by atoms with E-state index in [0.29, 0.717) is 17.8 Å². The Kier molecular flexibility index (Phi) is 3.50. The van der Waals surface area contributed by atoms with Gasteiger partial charge in [-0.1, -0.05) is 20.8 Å². The largest absolute Gasteiger partial charge is 0.383 e. The summed E-state index contributed by atoms with van der Waals surface area (Å²) >= 11 is 0. The topological polar surface area (TPSA) is 63.8 Å². The molecule has 1 aromatic rings. The molecule has 0 amide bonds. The molecule has 4 nitrogen and oxygen atoms in total. The average molecular weight is 234 g/mol. The summed E-state index contributed by atoms with van der Waals surface area (Å²) in [7, 11) is 0. The third-order valence-electron chi connectivity index (χ3n) is 4.12. The molecule has 0 aliphatic heterocycles. The normalized spacial score (nSPS) is 28.3. The van der Waals surface area contributed by atoms with E-state index in [1.54, 1.807) is 6.33 Å². The molecule has 0 bridgehead atoms. The highest BCUT2D eigenvalue weighted by Gasteiger charge is 2.30. The predicted octanol–water partition coefficient (Wildman–Crippen LogP) is 2.47. The van der Waals surface area contributed by atoms with Crippen LogP contribution in [0.25, 0.3) is 0 Å². The Morgan fingerprint density at radius 3 is 2.71 bits per heavy atom. The molecule has 3 atom stereocenters. The summed E-state index contributed by atoms with van der Waals surface area (Å²) in [6.07, 6.45) is 4.92. The first kappa shape index (κ1) is 12.1. The van der Waals surface area contributed by atoms with Crippen molar-refractivity contribution in [3.63, 3.8) is 0 Å². The number of nitrogens with two attached hydrogens (primary N) is 1. The Morgan fingerprint density at radius 1 is 1.35 bits per heavy atom. The van der Waals surface area contributed by atoms with E-state index in [4.69, 9.17) is 5.73 Å². The van der Waals surface area contributed by atoms with Crippen molar-refractivity contribution in [2.24, 2.45) is 11.8 Å². The van der Waals surface area contributed by atoms with Crippen molar-refractivity contribution in [1.82, 2.24) is 9.97 Å². The standard InChI is InChI=1S/C13H22N4/c1-4-10-12(14)15-7-16-13(10)17-11-6-5-8(2)9(11)3/h7-9,11H,4-6H2,1-3H3,(H3,14,15,16,17). The summed E-state index contributed by atoms with van der Waals surface area (Å²) in [4.78, 5) is 8.38. The number of aromatic nitrogens is 2. The SMILES string of the molecule is CCc1c(N)ncnc1NC1CCC(C)C1C. The van der Waals surface area contributed by atoms with Gasteiger partial charge in [-0.2, -0.15) is 0 Å². The first-order chi connectivity index (χ1) is 8.13. The lowest BCUT2D eigenvalue weighted by atomic mass is 9.97. The molecule has 0 saturated heterocycles. The maximum absolute atomic E-state index is 5.88. The minimum Gasteiger partial charge on any atom is -0.383 e. The lowest BCUT2D eigenvalue weighted by Crippen LogP contribution is -2.25. The van der Waals surface area contributed by atoms with Crippen LogP contribution in [0.3, 0.4) is 0 Å². The van der Waals surface area contributed by atoms with E-state index in [1.165, 1.54) is 12.8 Å². The van der Waals surface area contributed by atoms with Gasteiger partial charge in [0.15, 0.2) is 0 Å². The maximum atomic E-state index is 5.88. The Hall–Kier alpha value is -1.32. The minimum absolute atomic E-state index is 0.518. The van der Waals surface area contributed by atoms with E-state index in [2.05, 4.69) is 36.1 Å². The summed E-state index contributed by atoms with van der Waals surface area (Å²) in [5, 5.41) is 3.55. The van der Waals surface area contributed by atoms with Crippen molar-refractivity contribution in [1.29, 1.82) is 0 Å². The molecule has 1 saturated carbocycles. The lowest BCUT2D eigenvalue weighted by Gasteiger charge is -2.21. The van der Waals surface area contributed by atoms with Crippen molar-refractivity contribution >= 4 is 11.6 Å². The maximum Gasteiger partial charge on any atom is 0.134 e. The smallest absolute Gasteiger partial charge is 0.134 e. The molecule has 4 heteroatoms. The zero-order chi connectivity index (χ0) is 12.4. The Balaban J connectivity index is 2.16. The van der Waals surface area contributed by atoms with Crippen molar-refractivity contribution in [3.8, 4) is 0 Å². The molecule has 3 unspecified atom stereocenters. The zero-order valence-electron chi connectivity index (χ0n) is 10.9. The van der Waals surface area contributed by atoms with Gasteiger partial charge < -0.3 is 11.1 Å². The second-order valence-corrected chi connectivity index (χ2v) is 5.10. The molecule has 3 N–H and O–H groups in total. The van der Waals surface area contributed by atoms with Crippen LogP contribution in [0.2, 0.25) is 0 Å². The van der Waals surface area contributed by atoms with E-state index in [-0.39, 0.29) is 0 Å². The molecule has 1 aliphatic rings. The lowest BCUT2D eigenvalue weighted by molar-refractivity contribution is 0.435.